The van der Waals surface area contributed by atoms with Crippen LogP contribution in [0.3, 0.4) is 0 Å². The van der Waals surface area contributed by atoms with Crippen molar-refractivity contribution in [3.05, 3.63) is 75.3 Å². The van der Waals surface area contributed by atoms with Crippen molar-refractivity contribution in [2.24, 2.45) is 0 Å². The molecule has 1 N–H and O–H groups in total. The predicted octanol–water partition coefficient (Wildman–Crippen LogP) is 3.46. The highest BCUT2D eigenvalue weighted by Gasteiger charge is 2.29. The highest BCUT2D eigenvalue weighted by Crippen LogP contribution is 2.30. The van der Waals surface area contributed by atoms with E-state index in [0.717, 1.165) is 24.0 Å². The molecule has 0 atom stereocenters. The number of carboxylic acid groups (broad SMARTS) is 1. The number of nitro groups is 1. The standard InChI is InChI=1S/C18H18N2O4/c21-18(22)15-3-1-2-14(10-15)12-19(16-8-9-16)11-13-4-6-17(7-5-13)20(23)24/h1-7,10,16H,8-9,11-12H2,(H,21,22). The lowest BCUT2D eigenvalue weighted by Gasteiger charge is -2.22. The molecule has 0 spiro atoms. The summed E-state index contributed by atoms with van der Waals surface area (Å²) in [5.41, 5.74) is 2.36. The van der Waals surface area contributed by atoms with Crippen LogP contribution in [0.5, 0.6) is 0 Å². The summed E-state index contributed by atoms with van der Waals surface area (Å²) in [6.07, 6.45) is 2.26. The minimum absolute atomic E-state index is 0.0888. The van der Waals surface area contributed by atoms with Gasteiger partial charge in [-0.2, -0.15) is 0 Å². The molecule has 1 saturated carbocycles. The molecule has 1 aliphatic carbocycles. The lowest BCUT2D eigenvalue weighted by Crippen LogP contribution is -2.25. The van der Waals surface area contributed by atoms with Crippen LogP contribution in [0, 0.1) is 10.1 Å². The number of nitro benzene ring substituents is 1. The van der Waals surface area contributed by atoms with E-state index in [2.05, 4.69) is 4.90 Å². The molecular formula is C18H18N2O4. The van der Waals surface area contributed by atoms with Gasteiger partial charge in [0.25, 0.3) is 5.69 Å². The Bertz CT molecular complexity index is 754. The molecule has 3 rings (SSSR count). The molecule has 0 bridgehead atoms. The zero-order valence-electron chi connectivity index (χ0n) is 13.1. The SMILES string of the molecule is O=C(O)c1cccc(CN(Cc2ccc([N+](=O)[O-])cc2)C2CC2)c1. The first-order chi connectivity index (χ1) is 11.5. The summed E-state index contributed by atoms with van der Waals surface area (Å²) in [5, 5.41) is 19.8. The fraction of sp³-hybridized carbons (Fsp3) is 0.278. The number of hydrogen-bond donors (Lipinski definition) is 1. The van der Waals surface area contributed by atoms with E-state index in [4.69, 9.17) is 5.11 Å². The number of carboxylic acids is 1. The lowest BCUT2D eigenvalue weighted by molar-refractivity contribution is -0.384. The molecule has 0 aromatic heterocycles. The Balaban J connectivity index is 1.72. The Kier molecular flexibility index (Phi) is 4.57. The largest absolute Gasteiger partial charge is 0.478 e. The second-order valence-electron chi connectivity index (χ2n) is 6.07. The highest BCUT2D eigenvalue weighted by atomic mass is 16.6. The summed E-state index contributed by atoms with van der Waals surface area (Å²) in [5.74, 6) is -0.926. The Hall–Kier alpha value is -2.73. The van der Waals surface area contributed by atoms with Gasteiger partial charge in [-0.25, -0.2) is 4.79 Å². The van der Waals surface area contributed by atoms with Crippen LogP contribution in [0.4, 0.5) is 5.69 Å². The summed E-state index contributed by atoms with van der Waals surface area (Å²) < 4.78 is 0. The molecule has 0 heterocycles. The zero-order chi connectivity index (χ0) is 17.1. The molecule has 0 radical (unpaired) electrons. The smallest absolute Gasteiger partial charge is 0.335 e. The number of hydrogen-bond acceptors (Lipinski definition) is 4. The van der Waals surface area contributed by atoms with Gasteiger partial charge in [-0.1, -0.05) is 24.3 Å². The van der Waals surface area contributed by atoms with Crippen molar-refractivity contribution < 1.29 is 14.8 Å². The highest BCUT2D eigenvalue weighted by molar-refractivity contribution is 5.87. The number of carbonyl (C=O) groups is 1. The van der Waals surface area contributed by atoms with Crippen molar-refractivity contribution in [1.82, 2.24) is 4.90 Å². The van der Waals surface area contributed by atoms with Gasteiger partial charge in [-0.15, -0.1) is 0 Å². The molecule has 0 unspecified atom stereocenters. The van der Waals surface area contributed by atoms with Gasteiger partial charge in [-0.3, -0.25) is 15.0 Å². The van der Waals surface area contributed by atoms with Gasteiger partial charge in [0.15, 0.2) is 0 Å². The molecule has 0 amide bonds. The van der Waals surface area contributed by atoms with E-state index >= 15 is 0 Å². The Morgan fingerprint density at radius 2 is 1.79 bits per heavy atom. The summed E-state index contributed by atoms with van der Waals surface area (Å²) in [6, 6.07) is 14.1. The molecular weight excluding hydrogens is 308 g/mol. The van der Waals surface area contributed by atoms with Crippen LogP contribution in [0.1, 0.15) is 34.3 Å². The van der Waals surface area contributed by atoms with E-state index in [1.165, 1.54) is 12.1 Å². The molecule has 1 aliphatic rings. The maximum atomic E-state index is 11.1. The third-order valence-electron chi connectivity index (χ3n) is 4.16. The van der Waals surface area contributed by atoms with E-state index < -0.39 is 10.9 Å². The third-order valence-corrected chi connectivity index (χ3v) is 4.16. The van der Waals surface area contributed by atoms with E-state index in [-0.39, 0.29) is 5.69 Å². The van der Waals surface area contributed by atoms with Crippen molar-refractivity contribution in [3.63, 3.8) is 0 Å². The number of nitrogens with zero attached hydrogens (tertiary/aromatic N) is 2. The number of aromatic carboxylic acids is 1. The van der Waals surface area contributed by atoms with Gasteiger partial charge < -0.3 is 5.11 Å². The van der Waals surface area contributed by atoms with Gasteiger partial charge in [0.2, 0.25) is 0 Å². The third kappa shape index (κ3) is 3.97. The van der Waals surface area contributed by atoms with Crippen LogP contribution in [0.25, 0.3) is 0 Å². The second kappa shape index (κ2) is 6.80. The monoisotopic (exact) mass is 326 g/mol. The van der Waals surface area contributed by atoms with Crippen molar-refractivity contribution in [2.45, 2.75) is 32.0 Å². The predicted molar refractivity (Wildman–Crippen MR) is 88.8 cm³/mol. The van der Waals surface area contributed by atoms with Crippen molar-refractivity contribution in [3.8, 4) is 0 Å². The fourth-order valence-electron chi connectivity index (χ4n) is 2.75. The maximum Gasteiger partial charge on any atom is 0.335 e. The van der Waals surface area contributed by atoms with Gasteiger partial charge in [0, 0.05) is 31.3 Å². The Morgan fingerprint density at radius 1 is 1.12 bits per heavy atom. The molecule has 6 heteroatoms. The molecule has 0 saturated heterocycles. The molecule has 6 nitrogen and oxygen atoms in total. The average molecular weight is 326 g/mol. The van der Waals surface area contributed by atoms with Crippen LogP contribution in [-0.2, 0) is 13.1 Å². The van der Waals surface area contributed by atoms with Crippen molar-refractivity contribution in [1.29, 1.82) is 0 Å². The minimum Gasteiger partial charge on any atom is -0.478 e. The van der Waals surface area contributed by atoms with Gasteiger partial charge in [0.05, 0.1) is 10.5 Å². The normalized spacial score (nSPS) is 13.9. The average Bonchev–Trinajstić information content (AvgIpc) is 3.40. The molecule has 24 heavy (non-hydrogen) atoms. The van der Waals surface area contributed by atoms with Gasteiger partial charge in [-0.05, 0) is 36.1 Å². The van der Waals surface area contributed by atoms with Crippen molar-refractivity contribution in [2.75, 3.05) is 0 Å². The van der Waals surface area contributed by atoms with Crippen LogP contribution in [0.2, 0.25) is 0 Å². The Labute approximate surface area is 139 Å². The van der Waals surface area contributed by atoms with Gasteiger partial charge >= 0.3 is 5.97 Å². The quantitative estimate of drug-likeness (QED) is 0.622. The van der Waals surface area contributed by atoms with E-state index in [1.807, 2.05) is 6.07 Å². The number of benzene rings is 2. The van der Waals surface area contributed by atoms with Gasteiger partial charge in [0.1, 0.15) is 0 Å². The van der Waals surface area contributed by atoms with E-state index in [9.17, 15) is 14.9 Å². The topological polar surface area (TPSA) is 83.7 Å². The number of non-ortho nitro benzene ring substituents is 1. The first-order valence-corrected chi connectivity index (χ1v) is 7.82. The molecule has 2 aromatic rings. The summed E-state index contributed by atoms with van der Waals surface area (Å²) in [6.45, 7) is 1.36. The second-order valence-corrected chi connectivity index (χ2v) is 6.07. The Morgan fingerprint density at radius 3 is 2.38 bits per heavy atom. The lowest BCUT2D eigenvalue weighted by atomic mass is 10.1. The first-order valence-electron chi connectivity index (χ1n) is 7.82. The molecule has 0 aliphatic heterocycles. The van der Waals surface area contributed by atoms with Crippen LogP contribution in [0.15, 0.2) is 48.5 Å². The minimum atomic E-state index is -0.926. The summed E-state index contributed by atoms with van der Waals surface area (Å²) >= 11 is 0. The van der Waals surface area contributed by atoms with E-state index in [0.29, 0.717) is 24.7 Å². The van der Waals surface area contributed by atoms with Crippen LogP contribution < -0.4 is 0 Å². The van der Waals surface area contributed by atoms with Crippen LogP contribution >= 0.6 is 0 Å². The molecule has 2 aromatic carbocycles. The fourth-order valence-corrected chi connectivity index (χ4v) is 2.75. The summed E-state index contributed by atoms with van der Waals surface area (Å²) in [7, 11) is 0. The van der Waals surface area contributed by atoms with Crippen LogP contribution in [-0.4, -0.2) is 26.9 Å². The molecule has 124 valence electrons. The maximum absolute atomic E-state index is 11.1. The zero-order valence-corrected chi connectivity index (χ0v) is 13.1. The summed E-state index contributed by atoms with van der Waals surface area (Å²) in [4.78, 5) is 23.7. The van der Waals surface area contributed by atoms with Crippen molar-refractivity contribution >= 4 is 11.7 Å². The first kappa shape index (κ1) is 16.1. The number of rotatable bonds is 7. The molecule has 1 fully saturated rings. The van der Waals surface area contributed by atoms with E-state index in [1.54, 1.807) is 30.3 Å².